The Kier molecular flexibility index (Phi) is 6.08. The standard InChI is InChI=1S/C12H12BrClO3/c1-2-16-12(15)7-9(8-13)17-11-6-4-3-5-10(11)14/h3-7H,2,8H2,1H3. The number of esters is 1. The van der Waals surface area contributed by atoms with Crippen molar-refractivity contribution in [2.75, 3.05) is 11.9 Å². The van der Waals surface area contributed by atoms with Crippen LogP contribution in [-0.4, -0.2) is 17.9 Å². The smallest absolute Gasteiger partial charge is 0.334 e. The number of halogens is 2. The molecular weight excluding hydrogens is 307 g/mol. The Morgan fingerprint density at radius 1 is 1.47 bits per heavy atom. The first-order chi connectivity index (χ1) is 8.17. The Labute approximate surface area is 113 Å². The quantitative estimate of drug-likeness (QED) is 0.360. The van der Waals surface area contributed by atoms with E-state index < -0.39 is 5.97 Å². The maximum Gasteiger partial charge on any atom is 0.334 e. The summed E-state index contributed by atoms with van der Waals surface area (Å²) in [7, 11) is 0. The first kappa shape index (κ1) is 14.1. The van der Waals surface area contributed by atoms with Gasteiger partial charge in [-0.2, -0.15) is 0 Å². The molecule has 0 saturated carbocycles. The summed E-state index contributed by atoms with van der Waals surface area (Å²) >= 11 is 9.17. The Bertz CT molecular complexity index is 418. The van der Waals surface area contributed by atoms with Crippen LogP contribution in [0.1, 0.15) is 6.92 Å². The minimum Gasteiger partial charge on any atom is -0.463 e. The van der Waals surface area contributed by atoms with Gasteiger partial charge in [0, 0.05) is 0 Å². The normalized spacial score (nSPS) is 11.1. The van der Waals surface area contributed by atoms with Gasteiger partial charge in [-0.15, -0.1) is 0 Å². The zero-order valence-corrected chi connectivity index (χ0v) is 11.6. The summed E-state index contributed by atoms with van der Waals surface area (Å²) in [4.78, 5) is 11.3. The summed E-state index contributed by atoms with van der Waals surface area (Å²) < 4.78 is 10.3. The maximum absolute atomic E-state index is 11.3. The van der Waals surface area contributed by atoms with E-state index in [0.29, 0.717) is 28.5 Å². The number of benzene rings is 1. The topological polar surface area (TPSA) is 35.5 Å². The lowest BCUT2D eigenvalue weighted by Crippen LogP contribution is -2.05. The van der Waals surface area contributed by atoms with E-state index in [4.69, 9.17) is 21.1 Å². The predicted octanol–water partition coefficient (Wildman–Crippen LogP) is 3.56. The van der Waals surface area contributed by atoms with Crippen molar-refractivity contribution >= 4 is 33.5 Å². The highest BCUT2D eigenvalue weighted by molar-refractivity contribution is 9.09. The fourth-order valence-electron chi connectivity index (χ4n) is 1.08. The molecule has 0 saturated heterocycles. The number of para-hydroxylation sites is 1. The molecule has 0 aliphatic heterocycles. The molecule has 0 radical (unpaired) electrons. The molecule has 0 heterocycles. The number of allylic oxidation sites excluding steroid dienone is 1. The highest BCUT2D eigenvalue weighted by Crippen LogP contribution is 2.25. The Morgan fingerprint density at radius 2 is 2.18 bits per heavy atom. The first-order valence-electron chi connectivity index (χ1n) is 5.03. The van der Waals surface area contributed by atoms with Crippen molar-refractivity contribution in [3.8, 4) is 5.75 Å². The van der Waals surface area contributed by atoms with E-state index in [2.05, 4.69) is 15.9 Å². The monoisotopic (exact) mass is 318 g/mol. The van der Waals surface area contributed by atoms with Crippen LogP contribution in [0.2, 0.25) is 5.02 Å². The van der Waals surface area contributed by atoms with Gasteiger partial charge in [-0.3, -0.25) is 0 Å². The fourth-order valence-corrected chi connectivity index (χ4v) is 1.53. The van der Waals surface area contributed by atoms with Crippen molar-refractivity contribution in [2.24, 2.45) is 0 Å². The van der Waals surface area contributed by atoms with Crippen LogP contribution in [-0.2, 0) is 9.53 Å². The average Bonchev–Trinajstić information content (AvgIpc) is 2.31. The molecule has 0 aliphatic carbocycles. The van der Waals surface area contributed by atoms with Crippen LogP contribution in [0.3, 0.4) is 0 Å². The summed E-state index contributed by atoms with van der Waals surface area (Å²) in [6.07, 6.45) is 1.29. The third-order valence-electron chi connectivity index (χ3n) is 1.77. The molecule has 5 heteroatoms. The molecule has 1 aromatic carbocycles. The molecule has 0 fully saturated rings. The molecule has 17 heavy (non-hydrogen) atoms. The van der Waals surface area contributed by atoms with Crippen molar-refractivity contribution in [1.29, 1.82) is 0 Å². The highest BCUT2D eigenvalue weighted by atomic mass is 79.9. The van der Waals surface area contributed by atoms with Gasteiger partial charge in [0.1, 0.15) is 11.5 Å². The van der Waals surface area contributed by atoms with Crippen LogP contribution in [0.5, 0.6) is 5.75 Å². The molecule has 1 rings (SSSR count). The molecule has 3 nitrogen and oxygen atoms in total. The van der Waals surface area contributed by atoms with E-state index in [1.165, 1.54) is 6.08 Å². The molecular formula is C12H12BrClO3. The van der Waals surface area contributed by atoms with Gasteiger partial charge in [-0.05, 0) is 19.1 Å². The van der Waals surface area contributed by atoms with Gasteiger partial charge < -0.3 is 9.47 Å². The summed E-state index contributed by atoms with van der Waals surface area (Å²) in [6, 6.07) is 7.05. The Balaban J connectivity index is 2.77. The zero-order chi connectivity index (χ0) is 12.7. The molecule has 1 aromatic rings. The average molecular weight is 320 g/mol. The SMILES string of the molecule is CCOC(=O)C=C(CBr)Oc1ccccc1Cl. The molecule has 0 amide bonds. The zero-order valence-electron chi connectivity index (χ0n) is 9.28. The summed E-state index contributed by atoms with van der Waals surface area (Å²) in [5.41, 5.74) is 0. The van der Waals surface area contributed by atoms with Crippen molar-refractivity contribution in [3.63, 3.8) is 0 Å². The van der Waals surface area contributed by atoms with Crippen molar-refractivity contribution in [2.45, 2.75) is 6.92 Å². The molecule has 0 atom stereocenters. The lowest BCUT2D eigenvalue weighted by atomic mass is 10.3. The number of alkyl halides is 1. The summed E-state index contributed by atoms with van der Waals surface area (Å²) in [5, 5.41) is 0.889. The highest BCUT2D eigenvalue weighted by Gasteiger charge is 2.06. The van der Waals surface area contributed by atoms with Crippen LogP contribution in [0.15, 0.2) is 36.1 Å². The van der Waals surface area contributed by atoms with Crippen LogP contribution in [0, 0.1) is 0 Å². The summed E-state index contributed by atoms with van der Waals surface area (Å²) in [5.74, 6) is 0.509. The number of hydrogen-bond acceptors (Lipinski definition) is 3. The van der Waals surface area contributed by atoms with Crippen molar-refractivity contribution in [1.82, 2.24) is 0 Å². The van der Waals surface area contributed by atoms with Crippen LogP contribution in [0.4, 0.5) is 0 Å². The predicted molar refractivity (Wildman–Crippen MR) is 70.6 cm³/mol. The van der Waals surface area contributed by atoms with E-state index in [-0.39, 0.29) is 0 Å². The summed E-state index contributed by atoms with van der Waals surface area (Å²) in [6.45, 7) is 2.07. The van der Waals surface area contributed by atoms with Crippen molar-refractivity contribution < 1.29 is 14.3 Å². The molecule has 0 bridgehead atoms. The third kappa shape index (κ3) is 4.79. The van der Waals surface area contributed by atoms with E-state index in [1.807, 2.05) is 0 Å². The van der Waals surface area contributed by atoms with Gasteiger partial charge in [0.25, 0.3) is 0 Å². The molecule has 0 unspecified atom stereocenters. The van der Waals surface area contributed by atoms with Gasteiger partial charge in [-0.1, -0.05) is 39.7 Å². The molecule has 0 aromatic heterocycles. The number of hydrogen-bond donors (Lipinski definition) is 0. The van der Waals surface area contributed by atoms with E-state index >= 15 is 0 Å². The first-order valence-corrected chi connectivity index (χ1v) is 6.53. The molecule has 0 aliphatic rings. The van der Waals surface area contributed by atoms with Gasteiger partial charge in [0.15, 0.2) is 0 Å². The second kappa shape index (κ2) is 7.35. The van der Waals surface area contributed by atoms with Gasteiger partial charge in [0.2, 0.25) is 0 Å². The van der Waals surface area contributed by atoms with E-state index in [0.717, 1.165) is 0 Å². The number of carbonyl (C=O) groups excluding carboxylic acids is 1. The second-order valence-electron chi connectivity index (χ2n) is 3.03. The van der Waals surface area contributed by atoms with Crippen LogP contribution >= 0.6 is 27.5 Å². The fraction of sp³-hybridized carbons (Fsp3) is 0.250. The third-order valence-corrected chi connectivity index (χ3v) is 2.64. The van der Waals surface area contributed by atoms with Gasteiger partial charge in [-0.25, -0.2) is 4.79 Å². The molecule has 92 valence electrons. The second-order valence-corrected chi connectivity index (χ2v) is 4.00. The number of carbonyl (C=O) groups is 1. The van der Waals surface area contributed by atoms with E-state index in [1.54, 1.807) is 31.2 Å². The Hall–Kier alpha value is -1.00. The maximum atomic E-state index is 11.3. The van der Waals surface area contributed by atoms with Gasteiger partial charge in [0.05, 0.1) is 23.0 Å². The van der Waals surface area contributed by atoms with Crippen LogP contribution in [0.25, 0.3) is 0 Å². The minimum atomic E-state index is -0.436. The van der Waals surface area contributed by atoms with Crippen LogP contribution < -0.4 is 4.74 Å². The lowest BCUT2D eigenvalue weighted by Gasteiger charge is -2.08. The molecule has 0 N–H and O–H groups in total. The Morgan fingerprint density at radius 3 is 2.76 bits per heavy atom. The lowest BCUT2D eigenvalue weighted by molar-refractivity contribution is -0.137. The minimum absolute atomic E-state index is 0.330. The van der Waals surface area contributed by atoms with Gasteiger partial charge >= 0.3 is 5.97 Å². The van der Waals surface area contributed by atoms with Crippen molar-refractivity contribution in [3.05, 3.63) is 41.1 Å². The largest absolute Gasteiger partial charge is 0.463 e. The number of ether oxygens (including phenoxy) is 2. The number of rotatable bonds is 5. The molecule has 0 spiro atoms. The van der Waals surface area contributed by atoms with E-state index in [9.17, 15) is 4.79 Å².